The highest BCUT2D eigenvalue weighted by atomic mass is 16.5. The van der Waals surface area contributed by atoms with E-state index in [9.17, 15) is 0 Å². The number of methoxy groups -OCH3 is 1. The van der Waals surface area contributed by atoms with Crippen LogP contribution in [0.5, 0.6) is 5.75 Å². The van der Waals surface area contributed by atoms with Crippen molar-refractivity contribution in [2.45, 2.75) is 6.54 Å². The maximum Gasteiger partial charge on any atom is 0.193 e. The molecule has 0 aliphatic carbocycles. The standard InChI is InChI=1S/C18H19N5O/c1-24-16-8-6-15(7-9-16)22-18(19)21-12-14-4-2-3-5-17(14)23-11-10-20-13-23/h2-11,13H,12H2,1H3,(H3,19,21,22). The van der Waals surface area contributed by atoms with E-state index in [1.807, 2.05) is 59.3 Å². The summed E-state index contributed by atoms with van der Waals surface area (Å²) in [6, 6.07) is 15.5. The van der Waals surface area contributed by atoms with Gasteiger partial charge in [-0.1, -0.05) is 18.2 Å². The summed E-state index contributed by atoms with van der Waals surface area (Å²) in [7, 11) is 1.63. The Bertz CT molecular complexity index is 810. The topological polar surface area (TPSA) is 77.5 Å². The molecular formula is C18H19N5O. The summed E-state index contributed by atoms with van der Waals surface area (Å²) in [6.45, 7) is 0.476. The Morgan fingerprint density at radius 3 is 2.71 bits per heavy atom. The first-order valence-electron chi connectivity index (χ1n) is 7.53. The number of guanidine groups is 1. The second-order valence-electron chi connectivity index (χ2n) is 5.15. The van der Waals surface area contributed by atoms with Crippen LogP contribution in [-0.4, -0.2) is 22.6 Å². The molecule has 3 N–H and O–H groups in total. The first-order chi connectivity index (χ1) is 11.8. The molecule has 0 fully saturated rings. The molecule has 6 nitrogen and oxygen atoms in total. The monoisotopic (exact) mass is 321 g/mol. The second-order valence-corrected chi connectivity index (χ2v) is 5.15. The van der Waals surface area contributed by atoms with E-state index in [0.717, 1.165) is 22.7 Å². The van der Waals surface area contributed by atoms with Gasteiger partial charge in [0.1, 0.15) is 5.75 Å². The van der Waals surface area contributed by atoms with Gasteiger partial charge in [0.2, 0.25) is 0 Å². The number of aromatic nitrogens is 2. The summed E-state index contributed by atoms with van der Waals surface area (Å²) in [6.07, 6.45) is 5.42. The van der Waals surface area contributed by atoms with Gasteiger partial charge in [0.15, 0.2) is 5.96 Å². The normalized spacial score (nSPS) is 11.3. The number of anilines is 1. The number of nitrogens with one attached hydrogen (secondary N) is 1. The largest absolute Gasteiger partial charge is 0.497 e. The van der Waals surface area contributed by atoms with Crippen LogP contribution in [0.15, 0.2) is 72.2 Å². The predicted molar refractivity (Wildman–Crippen MR) is 95.5 cm³/mol. The molecule has 3 aromatic rings. The lowest BCUT2D eigenvalue weighted by atomic mass is 10.2. The number of hydrogen-bond donors (Lipinski definition) is 2. The molecule has 0 aliphatic rings. The van der Waals surface area contributed by atoms with Gasteiger partial charge in [0.25, 0.3) is 0 Å². The third-order valence-corrected chi connectivity index (χ3v) is 3.56. The SMILES string of the molecule is COc1ccc(NC(N)=NCc2ccccc2-n2ccnc2)cc1. The molecule has 122 valence electrons. The van der Waals surface area contributed by atoms with Crippen LogP contribution in [0.2, 0.25) is 0 Å². The van der Waals surface area contributed by atoms with Gasteiger partial charge in [-0.3, -0.25) is 0 Å². The molecule has 0 saturated heterocycles. The number of hydrogen-bond acceptors (Lipinski definition) is 3. The maximum atomic E-state index is 5.98. The molecule has 0 aliphatic heterocycles. The highest BCUT2D eigenvalue weighted by molar-refractivity contribution is 5.92. The molecule has 0 unspecified atom stereocenters. The summed E-state index contributed by atoms with van der Waals surface area (Å²) in [5.74, 6) is 1.16. The Morgan fingerprint density at radius 2 is 2.00 bits per heavy atom. The van der Waals surface area contributed by atoms with Crippen molar-refractivity contribution in [1.29, 1.82) is 0 Å². The average Bonchev–Trinajstić information content (AvgIpc) is 3.15. The Morgan fingerprint density at radius 1 is 1.21 bits per heavy atom. The number of nitrogens with zero attached hydrogens (tertiary/aromatic N) is 3. The second kappa shape index (κ2) is 7.32. The first kappa shape index (κ1) is 15.6. The van der Waals surface area contributed by atoms with Gasteiger partial charge in [-0.05, 0) is 35.9 Å². The van der Waals surface area contributed by atoms with Crippen molar-refractivity contribution in [1.82, 2.24) is 9.55 Å². The Kier molecular flexibility index (Phi) is 4.76. The minimum atomic E-state index is 0.362. The zero-order valence-electron chi connectivity index (χ0n) is 13.4. The Balaban J connectivity index is 1.71. The molecule has 24 heavy (non-hydrogen) atoms. The quantitative estimate of drug-likeness (QED) is 0.559. The minimum Gasteiger partial charge on any atom is -0.497 e. The van der Waals surface area contributed by atoms with Gasteiger partial charge in [0.05, 0.1) is 25.7 Å². The molecule has 0 bridgehead atoms. The van der Waals surface area contributed by atoms with E-state index in [2.05, 4.69) is 15.3 Å². The van der Waals surface area contributed by atoms with E-state index in [-0.39, 0.29) is 0 Å². The van der Waals surface area contributed by atoms with Crippen LogP contribution in [0.25, 0.3) is 5.69 Å². The van der Waals surface area contributed by atoms with Crippen molar-refractivity contribution in [2.75, 3.05) is 12.4 Å². The van der Waals surface area contributed by atoms with Crippen LogP contribution < -0.4 is 15.8 Å². The summed E-state index contributed by atoms with van der Waals surface area (Å²) in [5, 5.41) is 3.07. The lowest BCUT2D eigenvalue weighted by Gasteiger charge is -2.09. The lowest BCUT2D eigenvalue weighted by Crippen LogP contribution is -2.22. The van der Waals surface area contributed by atoms with E-state index < -0.39 is 0 Å². The van der Waals surface area contributed by atoms with Gasteiger partial charge in [-0.2, -0.15) is 0 Å². The minimum absolute atomic E-state index is 0.362. The van der Waals surface area contributed by atoms with E-state index in [4.69, 9.17) is 10.5 Å². The Hall–Kier alpha value is -3.28. The predicted octanol–water partition coefficient (Wildman–Crippen LogP) is 2.81. The van der Waals surface area contributed by atoms with Crippen molar-refractivity contribution >= 4 is 11.6 Å². The number of imidazole rings is 1. The molecule has 1 heterocycles. The molecule has 3 rings (SSSR count). The summed E-state index contributed by atoms with van der Waals surface area (Å²) < 4.78 is 7.09. The number of nitrogens with two attached hydrogens (primary N) is 1. The van der Waals surface area contributed by atoms with Crippen molar-refractivity contribution < 1.29 is 4.74 Å². The fourth-order valence-electron chi connectivity index (χ4n) is 2.33. The molecular weight excluding hydrogens is 302 g/mol. The number of para-hydroxylation sites is 1. The number of ether oxygens (including phenoxy) is 1. The molecule has 0 radical (unpaired) electrons. The van der Waals surface area contributed by atoms with Gasteiger partial charge in [-0.25, -0.2) is 9.98 Å². The van der Waals surface area contributed by atoms with Crippen LogP contribution >= 0.6 is 0 Å². The Labute approximate surface area is 140 Å². The van der Waals surface area contributed by atoms with Crippen molar-refractivity contribution in [3.63, 3.8) is 0 Å². The lowest BCUT2D eigenvalue weighted by molar-refractivity contribution is 0.415. The summed E-state index contributed by atoms with van der Waals surface area (Å²) in [5.41, 5.74) is 8.95. The van der Waals surface area contributed by atoms with Gasteiger partial charge in [0, 0.05) is 18.1 Å². The fraction of sp³-hybridized carbons (Fsp3) is 0.111. The molecule has 0 spiro atoms. The average molecular weight is 321 g/mol. The number of rotatable bonds is 5. The summed E-state index contributed by atoms with van der Waals surface area (Å²) in [4.78, 5) is 8.51. The third-order valence-electron chi connectivity index (χ3n) is 3.56. The molecule has 6 heteroatoms. The van der Waals surface area contributed by atoms with Crippen molar-refractivity contribution in [3.8, 4) is 11.4 Å². The van der Waals surface area contributed by atoms with Crippen LogP contribution in [0.4, 0.5) is 5.69 Å². The maximum absolute atomic E-state index is 5.98. The third kappa shape index (κ3) is 3.73. The fourth-order valence-corrected chi connectivity index (χ4v) is 2.33. The van der Waals surface area contributed by atoms with Gasteiger partial charge < -0.3 is 20.4 Å². The van der Waals surface area contributed by atoms with E-state index >= 15 is 0 Å². The first-order valence-corrected chi connectivity index (χ1v) is 7.53. The molecule has 2 aromatic carbocycles. The van der Waals surface area contributed by atoms with Gasteiger partial charge in [-0.15, -0.1) is 0 Å². The van der Waals surface area contributed by atoms with Crippen LogP contribution in [0.3, 0.4) is 0 Å². The van der Waals surface area contributed by atoms with Crippen LogP contribution in [0.1, 0.15) is 5.56 Å². The van der Waals surface area contributed by atoms with E-state index in [1.165, 1.54) is 0 Å². The molecule has 1 aromatic heterocycles. The number of aliphatic imine (C=N–C) groups is 1. The smallest absolute Gasteiger partial charge is 0.193 e. The van der Waals surface area contributed by atoms with E-state index in [1.54, 1.807) is 19.6 Å². The zero-order valence-corrected chi connectivity index (χ0v) is 13.4. The van der Waals surface area contributed by atoms with Crippen LogP contribution in [-0.2, 0) is 6.54 Å². The molecule has 0 saturated carbocycles. The molecule has 0 atom stereocenters. The van der Waals surface area contributed by atoms with Crippen molar-refractivity contribution in [2.24, 2.45) is 10.7 Å². The zero-order chi connectivity index (χ0) is 16.8. The van der Waals surface area contributed by atoms with E-state index in [0.29, 0.717) is 12.5 Å². The van der Waals surface area contributed by atoms with Crippen LogP contribution in [0, 0.1) is 0 Å². The van der Waals surface area contributed by atoms with Crippen molar-refractivity contribution in [3.05, 3.63) is 72.8 Å². The highest BCUT2D eigenvalue weighted by Crippen LogP contribution is 2.16. The summed E-state index contributed by atoms with van der Waals surface area (Å²) >= 11 is 0. The van der Waals surface area contributed by atoms with Gasteiger partial charge >= 0.3 is 0 Å². The highest BCUT2D eigenvalue weighted by Gasteiger charge is 2.03. The molecule has 0 amide bonds. The number of benzene rings is 2.